The zero-order valence-electron chi connectivity index (χ0n) is 20.3. The molecule has 5 aromatic rings. The highest BCUT2D eigenvalue weighted by molar-refractivity contribution is 7.96. The molecule has 0 aliphatic rings. The topological polar surface area (TPSA) is 135 Å². The summed E-state index contributed by atoms with van der Waals surface area (Å²) in [5.74, 6) is -1.67. The second kappa shape index (κ2) is 11.1. The molecule has 1 aromatic carbocycles. The quantitative estimate of drug-likeness (QED) is 0.247. The van der Waals surface area contributed by atoms with Crippen LogP contribution in [0.4, 0.5) is 11.4 Å². The lowest BCUT2D eigenvalue weighted by atomic mass is 10.2. The van der Waals surface area contributed by atoms with E-state index in [2.05, 4.69) is 9.97 Å². The van der Waals surface area contributed by atoms with Crippen molar-refractivity contribution in [3.63, 3.8) is 0 Å². The van der Waals surface area contributed by atoms with Gasteiger partial charge in [0.15, 0.2) is 0 Å². The molecule has 4 aromatic heterocycles. The monoisotopic (exact) mass is 610 g/mol. The first kappa shape index (κ1) is 27.3. The molecule has 0 unspecified atom stereocenters. The Morgan fingerprint density at radius 3 is 1.20 bits per heavy atom. The Labute approximate surface area is 237 Å². The molecule has 0 saturated carbocycles. The maximum absolute atomic E-state index is 13.6. The summed E-state index contributed by atoms with van der Waals surface area (Å²) in [4.78, 5) is 34.7. The molecular weight excluding hydrogens is 593 g/mol. The van der Waals surface area contributed by atoms with Crippen molar-refractivity contribution < 1.29 is 26.4 Å². The van der Waals surface area contributed by atoms with Gasteiger partial charge in [0.25, 0.3) is 31.9 Å². The number of thiophene rings is 2. The predicted molar refractivity (Wildman–Crippen MR) is 152 cm³/mol. The summed E-state index contributed by atoms with van der Waals surface area (Å²) in [6.07, 6.45) is 5.46. The first-order chi connectivity index (χ1) is 19.2. The van der Waals surface area contributed by atoms with Crippen LogP contribution in [-0.4, -0.2) is 38.6 Å². The predicted octanol–water partition coefficient (Wildman–Crippen LogP) is 4.67. The molecule has 0 saturated heterocycles. The van der Waals surface area contributed by atoms with Gasteiger partial charge < -0.3 is 0 Å². The van der Waals surface area contributed by atoms with Crippen LogP contribution in [0.1, 0.15) is 20.7 Å². The van der Waals surface area contributed by atoms with E-state index in [1.807, 2.05) is 0 Å². The number of nitrogens with zero attached hydrogens (tertiary/aromatic N) is 4. The van der Waals surface area contributed by atoms with Crippen LogP contribution in [0.25, 0.3) is 0 Å². The number of sulfonamides is 2. The molecule has 0 atom stereocenters. The zero-order chi connectivity index (χ0) is 28.3. The van der Waals surface area contributed by atoms with Crippen molar-refractivity contribution in [1.29, 1.82) is 0 Å². The maximum Gasteiger partial charge on any atom is 0.280 e. The van der Waals surface area contributed by atoms with Gasteiger partial charge in [-0.15, -0.1) is 22.7 Å². The van der Waals surface area contributed by atoms with Crippen LogP contribution in [0.2, 0.25) is 0 Å². The number of carbonyl (C=O) groups is 2. The number of aromatic nitrogens is 2. The van der Waals surface area contributed by atoms with E-state index in [0.717, 1.165) is 22.7 Å². The van der Waals surface area contributed by atoms with E-state index in [9.17, 15) is 26.4 Å². The van der Waals surface area contributed by atoms with Gasteiger partial charge in [-0.05, 0) is 71.4 Å². The SMILES string of the molecule is O=C(c1ccncc1)N(c1ccc(N(C(=O)c2ccncc2)S(=O)(=O)c2cccs2)cc1)S(=O)(=O)c1cccs1. The number of hydrogen-bond donors (Lipinski definition) is 0. The van der Waals surface area contributed by atoms with Crippen molar-refractivity contribution in [1.82, 2.24) is 9.97 Å². The standard InChI is InChI=1S/C26H18N4O6S4/c31-25(19-9-13-27-14-10-19)29(39(33,34)23-3-1-17-37-23)21-5-7-22(8-6-21)30(26(32)20-11-15-28-16-12-20)40(35,36)24-4-2-18-38-24/h1-18H. The minimum Gasteiger partial charge on any atom is -0.268 e. The molecule has 40 heavy (non-hydrogen) atoms. The molecule has 10 nitrogen and oxygen atoms in total. The lowest BCUT2D eigenvalue weighted by Crippen LogP contribution is -2.38. The van der Waals surface area contributed by atoms with Gasteiger partial charge in [0.1, 0.15) is 8.42 Å². The summed E-state index contributed by atoms with van der Waals surface area (Å²) >= 11 is 1.89. The third-order valence-electron chi connectivity index (χ3n) is 5.52. The summed E-state index contributed by atoms with van der Waals surface area (Å²) in [6.45, 7) is 0. The highest BCUT2D eigenvalue weighted by Gasteiger charge is 2.35. The molecule has 0 aliphatic heterocycles. The van der Waals surface area contributed by atoms with Crippen LogP contribution in [0.3, 0.4) is 0 Å². The van der Waals surface area contributed by atoms with Gasteiger partial charge in [-0.1, -0.05) is 12.1 Å². The fourth-order valence-corrected chi connectivity index (χ4v) is 8.63. The Morgan fingerprint density at radius 2 is 0.900 bits per heavy atom. The average molecular weight is 611 g/mol. The van der Waals surface area contributed by atoms with Crippen molar-refractivity contribution >= 4 is 65.9 Å². The zero-order valence-corrected chi connectivity index (χ0v) is 23.5. The molecule has 14 heteroatoms. The van der Waals surface area contributed by atoms with E-state index in [-0.39, 0.29) is 30.9 Å². The normalized spacial score (nSPS) is 11.6. The second-order valence-electron chi connectivity index (χ2n) is 8.00. The Bertz CT molecular complexity index is 1710. The smallest absolute Gasteiger partial charge is 0.268 e. The van der Waals surface area contributed by atoms with Crippen molar-refractivity contribution in [3.8, 4) is 0 Å². The van der Waals surface area contributed by atoms with Crippen LogP contribution in [0.5, 0.6) is 0 Å². The van der Waals surface area contributed by atoms with E-state index >= 15 is 0 Å². The van der Waals surface area contributed by atoms with Gasteiger partial charge in [-0.25, -0.2) is 0 Å². The van der Waals surface area contributed by atoms with Gasteiger partial charge in [0.2, 0.25) is 0 Å². The third kappa shape index (κ3) is 5.16. The Kier molecular flexibility index (Phi) is 7.58. The van der Waals surface area contributed by atoms with Crippen molar-refractivity contribution in [2.24, 2.45) is 0 Å². The second-order valence-corrected chi connectivity index (χ2v) is 13.9. The molecule has 2 amide bonds. The molecule has 0 radical (unpaired) electrons. The van der Waals surface area contributed by atoms with Gasteiger partial charge in [0.05, 0.1) is 11.4 Å². The van der Waals surface area contributed by atoms with E-state index < -0.39 is 31.9 Å². The summed E-state index contributed by atoms with van der Waals surface area (Å²) in [5, 5.41) is 3.15. The fourth-order valence-electron chi connectivity index (χ4n) is 3.68. The Balaban J connectivity index is 1.62. The summed E-state index contributed by atoms with van der Waals surface area (Å²) in [7, 11) is -8.67. The number of benzene rings is 1. The molecule has 0 aliphatic carbocycles. The largest absolute Gasteiger partial charge is 0.280 e. The highest BCUT2D eigenvalue weighted by atomic mass is 32.3. The van der Waals surface area contributed by atoms with Crippen molar-refractivity contribution in [2.45, 2.75) is 8.42 Å². The Hall–Kier alpha value is -4.24. The van der Waals surface area contributed by atoms with Gasteiger partial charge >= 0.3 is 0 Å². The molecule has 0 N–H and O–H groups in total. The average Bonchev–Trinajstić information content (AvgIpc) is 3.71. The van der Waals surface area contributed by atoms with Crippen molar-refractivity contribution in [2.75, 3.05) is 8.61 Å². The van der Waals surface area contributed by atoms with Gasteiger partial charge in [-0.2, -0.15) is 25.4 Å². The fraction of sp³-hybridized carbons (Fsp3) is 0. The van der Waals surface area contributed by atoms with E-state index in [1.165, 1.54) is 85.5 Å². The number of rotatable bonds is 8. The summed E-state index contributed by atoms with van der Waals surface area (Å²) in [6, 6.07) is 16.5. The summed E-state index contributed by atoms with van der Waals surface area (Å²) in [5.41, 5.74) is 0.0514. The van der Waals surface area contributed by atoms with Gasteiger partial charge in [-0.3, -0.25) is 19.6 Å². The van der Waals surface area contributed by atoms with Crippen LogP contribution >= 0.6 is 22.7 Å². The number of carbonyl (C=O) groups excluding carboxylic acids is 2. The van der Waals surface area contributed by atoms with Crippen LogP contribution in [0.15, 0.2) is 117 Å². The third-order valence-corrected chi connectivity index (χ3v) is 11.7. The molecular formula is C26H18N4O6S4. The van der Waals surface area contributed by atoms with Crippen LogP contribution in [-0.2, 0) is 20.0 Å². The van der Waals surface area contributed by atoms with Crippen LogP contribution < -0.4 is 8.61 Å². The van der Waals surface area contributed by atoms with E-state index in [4.69, 9.17) is 0 Å². The maximum atomic E-state index is 13.6. The molecule has 0 fully saturated rings. The van der Waals surface area contributed by atoms with Crippen LogP contribution in [0, 0.1) is 0 Å². The number of hydrogen-bond acceptors (Lipinski definition) is 10. The first-order valence-corrected chi connectivity index (χ1v) is 16.0. The lowest BCUT2D eigenvalue weighted by molar-refractivity contribution is 0.0996. The molecule has 0 bridgehead atoms. The van der Waals surface area contributed by atoms with Crippen molar-refractivity contribution in [3.05, 3.63) is 119 Å². The summed E-state index contributed by atoms with van der Waals surface area (Å²) < 4.78 is 55.4. The highest BCUT2D eigenvalue weighted by Crippen LogP contribution is 2.33. The van der Waals surface area contributed by atoms with E-state index in [0.29, 0.717) is 8.61 Å². The number of pyridine rings is 2. The minimum atomic E-state index is -4.34. The first-order valence-electron chi connectivity index (χ1n) is 11.4. The van der Waals surface area contributed by atoms with Gasteiger partial charge in [0, 0.05) is 35.9 Å². The van der Waals surface area contributed by atoms with E-state index in [1.54, 1.807) is 22.9 Å². The molecule has 5 rings (SSSR count). The molecule has 202 valence electrons. The molecule has 0 spiro atoms. The lowest BCUT2D eigenvalue weighted by Gasteiger charge is -2.24. The number of amides is 2. The number of anilines is 2. The molecule has 4 heterocycles. The minimum absolute atomic E-state index is 0.0520. The Morgan fingerprint density at radius 1 is 0.550 bits per heavy atom.